The minimum absolute atomic E-state index is 0.0311. The van der Waals surface area contributed by atoms with Crippen molar-refractivity contribution in [1.29, 1.82) is 0 Å². The van der Waals surface area contributed by atoms with Gasteiger partial charge in [-0.1, -0.05) is 23.7 Å². The van der Waals surface area contributed by atoms with E-state index in [2.05, 4.69) is 0 Å². The second kappa shape index (κ2) is 6.52. The lowest BCUT2D eigenvalue weighted by atomic mass is 10.0. The van der Waals surface area contributed by atoms with E-state index in [-0.39, 0.29) is 22.7 Å². The van der Waals surface area contributed by atoms with Crippen LogP contribution in [0.4, 0.5) is 0 Å². The predicted molar refractivity (Wildman–Crippen MR) is 89.2 cm³/mol. The summed E-state index contributed by atoms with van der Waals surface area (Å²) >= 11 is 6.08. The Bertz CT molecular complexity index is 881. The Labute approximate surface area is 138 Å². The molecule has 0 N–H and O–H groups in total. The van der Waals surface area contributed by atoms with Crippen molar-refractivity contribution in [2.45, 2.75) is 6.54 Å². The molecule has 7 heteroatoms. The fraction of sp³-hybridized carbons (Fsp3) is 0.312. The fourth-order valence-corrected chi connectivity index (χ4v) is 2.60. The number of benzene rings is 1. The number of ketones is 1. The van der Waals surface area contributed by atoms with E-state index >= 15 is 0 Å². The SMILES string of the molecule is CN(C)Cc1c(C(=O)c2ccccc2Cl)c(=O)n(C)c(=O)n1C. The molecule has 2 aromatic rings. The first-order valence-corrected chi connectivity index (χ1v) is 7.36. The third kappa shape index (κ3) is 3.13. The minimum Gasteiger partial charge on any atom is -0.304 e. The van der Waals surface area contributed by atoms with Crippen LogP contribution in [0, 0.1) is 0 Å². The Morgan fingerprint density at radius 2 is 1.74 bits per heavy atom. The predicted octanol–water partition coefficient (Wildman–Crippen LogP) is 1.03. The van der Waals surface area contributed by atoms with E-state index in [1.165, 1.54) is 11.6 Å². The number of carbonyl (C=O) groups is 1. The molecule has 0 saturated heterocycles. The highest BCUT2D eigenvalue weighted by atomic mass is 35.5. The summed E-state index contributed by atoms with van der Waals surface area (Å²) in [6.07, 6.45) is 0. The summed E-state index contributed by atoms with van der Waals surface area (Å²) in [5.74, 6) is -0.483. The smallest absolute Gasteiger partial charge is 0.304 e. The van der Waals surface area contributed by atoms with Gasteiger partial charge in [-0.3, -0.25) is 18.7 Å². The largest absolute Gasteiger partial charge is 0.330 e. The Kier molecular flexibility index (Phi) is 4.87. The Balaban J connectivity index is 2.80. The molecular formula is C16H18ClN3O3. The van der Waals surface area contributed by atoms with E-state index < -0.39 is 17.0 Å². The van der Waals surface area contributed by atoms with Gasteiger partial charge in [0.25, 0.3) is 5.56 Å². The highest BCUT2D eigenvalue weighted by Crippen LogP contribution is 2.19. The molecule has 23 heavy (non-hydrogen) atoms. The van der Waals surface area contributed by atoms with Crippen LogP contribution in [0.3, 0.4) is 0 Å². The highest BCUT2D eigenvalue weighted by molar-refractivity contribution is 6.35. The first kappa shape index (κ1) is 17.2. The van der Waals surface area contributed by atoms with Crippen molar-refractivity contribution in [2.24, 2.45) is 14.1 Å². The van der Waals surface area contributed by atoms with Crippen LogP contribution in [0.2, 0.25) is 5.02 Å². The average Bonchev–Trinajstić information content (AvgIpc) is 2.50. The zero-order valence-electron chi connectivity index (χ0n) is 13.5. The first-order chi connectivity index (χ1) is 10.8. The van der Waals surface area contributed by atoms with Crippen molar-refractivity contribution >= 4 is 17.4 Å². The van der Waals surface area contributed by atoms with Crippen molar-refractivity contribution < 1.29 is 4.79 Å². The van der Waals surface area contributed by atoms with Gasteiger partial charge in [0.2, 0.25) is 5.78 Å². The van der Waals surface area contributed by atoms with Crippen LogP contribution in [0.1, 0.15) is 21.6 Å². The van der Waals surface area contributed by atoms with E-state index in [9.17, 15) is 14.4 Å². The third-order valence-corrected chi connectivity index (χ3v) is 3.93. The summed E-state index contributed by atoms with van der Waals surface area (Å²) in [5.41, 5.74) is -0.508. The maximum atomic E-state index is 12.9. The van der Waals surface area contributed by atoms with Crippen molar-refractivity contribution in [3.05, 3.63) is 66.9 Å². The molecule has 0 fully saturated rings. The molecular weight excluding hydrogens is 318 g/mol. The van der Waals surface area contributed by atoms with Crippen LogP contribution in [-0.2, 0) is 20.6 Å². The number of carbonyl (C=O) groups excluding carboxylic acids is 1. The molecule has 0 radical (unpaired) electrons. The fourth-order valence-electron chi connectivity index (χ4n) is 2.38. The topological polar surface area (TPSA) is 64.3 Å². The molecule has 0 atom stereocenters. The second-order valence-electron chi connectivity index (χ2n) is 5.57. The van der Waals surface area contributed by atoms with Crippen LogP contribution in [0.25, 0.3) is 0 Å². The molecule has 6 nitrogen and oxygen atoms in total. The molecule has 1 aromatic heterocycles. The van der Waals surface area contributed by atoms with E-state index in [1.807, 2.05) is 0 Å². The maximum absolute atomic E-state index is 12.9. The van der Waals surface area contributed by atoms with Crippen LogP contribution < -0.4 is 11.2 Å². The van der Waals surface area contributed by atoms with Gasteiger partial charge in [-0.15, -0.1) is 0 Å². The van der Waals surface area contributed by atoms with Crippen LogP contribution in [0.5, 0.6) is 0 Å². The van der Waals surface area contributed by atoms with Crippen molar-refractivity contribution in [1.82, 2.24) is 14.0 Å². The average molecular weight is 336 g/mol. The summed E-state index contributed by atoms with van der Waals surface area (Å²) in [4.78, 5) is 39.3. The standard InChI is InChI=1S/C16H18ClN3O3/c1-18(2)9-12-13(15(22)20(4)16(23)19(12)3)14(21)10-7-5-6-8-11(10)17/h5-8H,9H2,1-4H3. The van der Waals surface area contributed by atoms with Gasteiger partial charge in [0.15, 0.2) is 0 Å². The summed E-state index contributed by atoms with van der Waals surface area (Å²) in [6.45, 7) is 0.285. The molecule has 0 aliphatic carbocycles. The van der Waals surface area contributed by atoms with Crippen molar-refractivity contribution in [2.75, 3.05) is 14.1 Å². The molecule has 122 valence electrons. The monoisotopic (exact) mass is 335 g/mol. The van der Waals surface area contributed by atoms with Crippen LogP contribution in [0.15, 0.2) is 33.9 Å². The van der Waals surface area contributed by atoms with Crippen molar-refractivity contribution in [3.8, 4) is 0 Å². The summed E-state index contributed by atoms with van der Waals surface area (Å²) in [7, 11) is 6.49. The molecule has 0 aliphatic rings. The number of rotatable bonds is 4. The quantitative estimate of drug-likeness (QED) is 0.783. The summed E-state index contributed by atoms with van der Waals surface area (Å²) < 4.78 is 2.26. The van der Waals surface area contributed by atoms with E-state index in [0.717, 1.165) is 4.57 Å². The van der Waals surface area contributed by atoms with Gasteiger partial charge in [0.05, 0.1) is 10.7 Å². The molecule has 1 heterocycles. The minimum atomic E-state index is -0.616. The molecule has 1 aromatic carbocycles. The molecule has 0 unspecified atom stereocenters. The molecule has 0 aliphatic heterocycles. The number of aromatic nitrogens is 2. The lowest BCUT2D eigenvalue weighted by Crippen LogP contribution is -2.43. The van der Waals surface area contributed by atoms with E-state index in [1.54, 1.807) is 50.3 Å². The van der Waals surface area contributed by atoms with Crippen LogP contribution in [-0.4, -0.2) is 33.9 Å². The number of nitrogens with zero attached hydrogens (tertiary/aromatic N) is 3. The van der Waals surface area contributed by atoms with Gasteiger partial charge < -0.3 is 4.90 Å². The molecule has 0 bridgehead atoms. The molecule has 0 saturated carbocycles. The number of hydrogen-bond acceptors (Lipinski definition) is 4. The third-order valence-electron chi connectivity index (χ3n) is 3.60. The van der Waals surface area contributed by atoms with Gasteiger partial charge in [0.1, 0.15) is 5.56 Å². The zero-order valence-corrected chi connectivity index (χ0v) is 14.2. The Hall–Kier alpha value is -2.18. The Morgan fingerprint density at radius 3 is 2.30 bits per heavy atom. The number of hydrogen-bond donors (Lipinski definition) is 0. The normalized spacial score (nSPS) is 11.0. The summed E-state index contributed by atoms with van der Waals surface area (Å²) in [5, 5.41) is 0.268. The molecule has 0 spiro atoms. The van der Waals surface area contributed by atoms with Crippen molar-refractivity contribution in [3.63, 3.8) is 0 Å². The van der Waals surface area contributed by atoms with E-state index in [0.29, 0.717) is 5.69 Å². The highest BCUT2D eigenvalue weighted by Gasteiger charge is 2.24. The van der Waals surface area contributed by atoms with Gasteiger partial charge in [0, 0.05) is 26.2 Å². The lowest BCUT2D eigenvalue weighted by Gasteiger charge is -2.18. The van der Waals surface area contributed by atoms with Gasteiger partial charge in [-0.2, -0.15) is 0 Å². The molecule has 2 rings (SSSR count). The molecule has 0 amide bonds. The van der Waals surface area contributed by atoms with E-state index in [4.69, 9.17) is 11.6 Å². The van der Waals surface area contributed by atoms with Crippen LogP contribution >= 0.6 is 11.6 Å². The number of halogens is 1. The zero-order chi connectivity index (χ0) is 17.3. The van der Waals surface area contributed by atoms with Gasteiger partial charge in [-0.25, -0.2) is 4.79 Å². The van der Waals surface area contributed by atoms with Gasteiger partial charge >= 0.3 is 5.69 Å². The lowest BCUT2D eigenvalue weighted by molar-refractivity contribution is 0.103. The van der Waals surface area contributed by atoms with Gasteiger partial charge in [-0.05, 0) is 26.2 Å². The maximum Gasteiger partial charge on any atom is 0.330 e. The Morgan fingerprint density at radius 1 is 1.13 bits per heavy atom. The second-order valence-corrected chi connectivity index (χ2v) is 5.98. The first-order valence-electron chi connectivity index (χ1n) is 6.98. The summed E-state index contributed by atoms with van der Waals surface area (Å²) in [6, 6.07) is 6.54.